The number of thioether (sulfide) groups is 1. The van der Waals surface area contributed by atoms with Gasteiger partial charge in [0.25, 0.3) is 0 Å². The number of nitrogens with one attached hydrogen (secondary N) is 1. The molecular weight excluding hydrogens is 249 g/mol. The molecular formula is C14H16FNOS. The minimum atomic E-state index is -0.165. The van der Waals surface area contributed by atoms with Gasteiger partial charge in [-0.05, 0) is 36.4 Å². The van der Waals surface area contributed by atoms with Crippen molar-refractivity contribution in [3.05, 3.63) is 53.7 Å². The Morgan fingerprint density at radius 3 is 2.89 bits per heavy atom. The minimum Gasteiger partial charge on any atom is -0.468 e. The summed E-state index contributed by atoms with van der Waals surface area (Å²) in [6.07, 6.45) is 1.63. The number of furan rings is 1. The summed E-state index contributed by atoms with van der Waals surface area (Å²) in [4.78, 5) is 0.659. The molecule has 0 spiro atoms. The van der Waals surface area contributed by atoms with Gasteiger partial charge in [-0.2, -0.15) is 0 Å². The van der Waals surface area contributed by atoms with Gasteiger partial charge in [-0.25, -0.2) is 4.39 Å². The van der Waals surface area contributed by atoms with Gasteiger partial charge in [-0.1, -0.05) is 13.0 Å². The van der Waals surface area contributed by atoms with Crippen LogP contribution in [-0.4, -0.2) is 6.54 Å². The van der Waals surface area contributed by atoms with Crippen LogP contribution in [0.25, 0.3) is 0 Å². The van der Waals surface area contributed by atoms with E-state index in [1.54, 1.807) is 12.3 Å². The molecule has 0 saturated carbocycles. The maximum atomic E-state index is 13.8. The summed E-state index contributed by atoms with van der Waals surface area (Å²) in [6, 6.07) is 9.11. The molecule has 2 rings (SSSR count). The van der Waals surface area contributed by atoms with Crippen LogP contribution < -0.4 is 5.32 Å². The SMILES string of the molecule is CCNCc1ccc(SCc2ccco2)c(F)c1. The van der Waals surface area contributed by atoms with Crippen LogP contribution >= 0.6 is 11.8 Å². The molecule has 1 aromatic carbocycles. The lowest BCUT2D eigenvalue weighted by Crippen LogP contribution is -2.11. The normalized spacial score (nSPS) is 10.8. The predicted molar refractivity (Wildman–Crippen MR) is 72.0 cm³/mol. The summed E-state index contributed by atoms with van der Waals surface area (Å²) in [7, 11) is 0. The van der Waals surface area contributed by atoms with E-state index in [9.17, 15) is 4.39 Å². The lowest BCUT2D eigenvalue weighted by molar-refractivity contribution is 0.530. The Morgan fingerprint density at radius 1 is 1.33 bits per heavy atom. The van der Waals surface area contributed by atoms with Crippen molar-refractivity contribution in [2.75, 3.05) is 6.54 Å². The zero-order valence-corrected chi connectivity index (χ0v) is 11.1. The van der Waals surface area contributed by atoms with E-state index >= 15 is 0 Å². The molecule has 96 valence electrons. The van der Waals surface area contributed by atoms with E-state index in [2.05, 4.69) is 5.32 Å². The Morgan fingerprint density at radius 2 is 2.22 bits per heavy atom. The van der Waals surface area contributed by atoms with Gasteiger partial charge in [0.1, 0.15) is 11.6 Å². The first-order valence-corrected chi connectivity index (χ1v) is 6.92. The van der Waals surface area contributed by atoms with E-state index in [0.29, 0.717) is 17.2 Å². The zero-order valence-electron chi connectivity index (χ0n) is 10.3. The van der Waals surface area contributed by atoms with Crippen LogP contribution in [0.4, 0.5) is 4.39 Å². The molecule has 0 bridgehead atoms. The average Bonchev–Trinajstić information content (AvgIpc) is 2.88. The Labute approximate surface area is 111 Å². The molecule has 1 heterocycles. The van der Waals surface area contributed by atoms with Crippen LogP contribution in [0.3, 0.4) is 0 Å². The standard InChI is InChI=1S/C14H16FNOS/c1-2-16-9-11-5-6-14(13(15)8-11)18-10-12-4-3-7-17-12/h3-8,16H,2,9-10H2,1H3. The van der Waals surface area contributed by atoms with Gasteiger partial charge in [0, 0.05) is 11.4 Å². The zero-order chi connectivity index (χ0) is 12.8. The van der Waals surface area contributed by atoms with Crippen molar-refractivity contribution in [1.29, 1.82) is 0 Å². The van der Waals surface area contributed by atoms with Crippen molar-refractivity contribution < 1.29 is 8.81 Å². The predicted octanol–water partition coefficient (Wildman–Crippen LogP) is 3.82. The molecule has 0 aliphatic rings. The van der Waals surface area contributed by atoms with Crippen molar-refractivity contribution in [2.24, 2.45) is 0 Å². The molecule has 18 heavy (non-hydrogen) atoms. The smallest absolute Gasteiger partial charge is 0.137 e. The van der Waals surface area contributed by atoms with Crippen LogP contribution in [0, 0.1) is 5.82 Å². The van der Waals surface area contributed by atoms with Crippen LogP contribution in [0.15, 0.2) is 45.9 Å². The summed E-state index contributed by atoms with van der Waals surface area (Å²) < 4.78 is 19.0. The molecule has 0 fully saturated rings. The molecule has 0 aliphatic heterocycles. The van der Waals surface area contributed by atoms with Gasteiger partial charge >= 0.3 is 0 Å². The van der Waals surface area contributed by atoms with Crippen molar-refractivity contribution in [3.8, 4) is 0 Å². The first kappa shape index (κ1) is 13.2. The van der Waals surface area contributed by atoms with E-state index < -0.39 is 0 Å². The van der Waals surface area contributed by atoms with Crippen LogP contribution in [0.1, 0.15) is 18.2 Å². The third kappa shape index (κ3) is 3.62. The molecule has 0 saturated heterocycles. The summed E-state index contributed by atoms with van der Waals surface area (Å²) in [6.45, 7) is 3.62. The van der Waals surface area contributed by atoms with Crippen LogP contribution in [0.2, 0.25) is 0 Å². The molecule has 2 aromatic rings. The maximum Gasteiger partial charge on any atom is 0.137 e. The van der Waals surface area contributed by atoms with E-state index in [1.807, 2.05) is 31.2 Å². The van der Waals surface area contributed by atoms with Crippen LogP contribution in [0.5, 0.6) is 0 Å². The molecule has 0 amide bonds. The second kappa shape index (κ2) is 6.61. The Kier molecular flexibility index (Phi) is 4.84. The number of halogens is 1. The van der Waals surface area contributed by atoms with Crippen molar-refractivity contribution in [3.63, 3.8) is 0 Å². The highest BCUT2D eigenvalue weighted by molar-refractivity contribution is 7.98. The fraction of sp³-hybridized carbons (Fsp3) is 0.286. The second-order valence-electron chi connectivity index (χ2n) is 3.91. The summed E-state index contributed by atoms with van der Waals surface area (Å²) in [5.74, 6) is 1.34. The maximum absolute atomic E-state index is 13.8. The van der Waals surface area contributed by atoms with E-state index in [4.69, 9.17) is 4.42 Å². The monoisotopic (exact) mass is 265 g/mol. The number of rotatable bonds is 6. The molecule has 0 aliphatic carbocycles. The van der Waals surface area contributed by atoms with Gasteiger partial charge < -0.3 is 9.73 Å². The average molecular weight is 265 g/mol. The molecule has 0 radical (unpaired) electrons. The summed E-state index contributed by atoms with van der Waals surface area (Å²) >= 11 is 1.45. The molecule has 4 heteroatoms. The third-order valence-corrected chi connectivity index (χ3v) is 3.60. The fourth-order valence-electron chi connectivity index (χ4n) is 1.58. The molecule has 1 N–H and O–H groups in total. The lowest BCUT2D eigenvalue weighted by atomic mass is 10.2. The van der Waals surface area contributed by atoms with Gasteiger partial charge in [0.05, 0.1) is 12.0 Å². The molecule has 1 aromatic heterocycles. The Balaban J connectivity index is 1.96. The highest BCUT2D eigenvalue weighted by atomic mass is 32.2. The summed E-state index contributed by atoms with van der Waals surface area (Å²) in [5.41, 5.74) is 0.969. The quantitative estimate of drug-likeness (QED) is 0.804. The van der Waals surface area contributed by atoms with Crippen molar-refractivity contribution in [2.45, 2.75) is 24.1 Å². The number of hydrogen-bond donors (Lipinski definition) is 1. The molecule has 0 atom stereocenters. The fourth-order valence-corrected chi connectivity index (χ4v) is 2.41. The van der Waals surface area contributed by atoms with E-state index in [0.717, 1.165) is 17.9 Å². The first-order valence-electron chi connectivity index (χ1n) is 5.94. The molecule has 0 unspecified atom stereocenters. The van der Waals surface area contributed by atoms with E-state index in [1.165, 1.54) is 11.8 Å². The highest BCUT2D eigenvalue weighted by Crippen LogP contribution is 2.26. The molecule has 2 nitrogen and oxygen atoms in total. The van der Waals surface area contributed by atoms with Gasteiger partial charge in [0.2, 0.25) is 0 Å². The van der Waals surface area contributed by atoms with E-state index in [-0.39, 0.29) is 5.82 Å². The van der Waals surface area contributed by atoms with Crippen molar-refractivity contribution >= 4 is 11.8 Å². The highest BCUT2D eigenvalue weighted by Gasteiger charge is 2.05. The topological polar surface area (TPSA) is 25.2 Å². The Hall–Kier alpha value is -1.26. The minimum absolute atomic E-state index is 0.165. The Bertz CT molecular complexity index is 485. The van der Waals surface area contributed by atoms with Gasteiger partial charge in [-0.15, -0.1) is 11.8 Å². The van der Waals surface area contributed by atoms with Crippen molar-refractivity contribution in [1.82, 2.24) is 5.32 Å². The third-order valence-electron chi connectivity index (χ3n) is 2.53. The lowest BCUT2D eigenvalue weighted by Gasteiger charge is -2.06. The number of benzene rings is 1. The number of hydrogen-bond acceptors (Lipinski definition) is 3. The largest absolute Gasteiger partial charge is 0.468 e. The van der Waals surface area contributed by atoms with Gasteiger partial charge in [0.15, 0.2) is 0 Å². The second-order valence-corrected chi connectivity index (χ2v) is 4.93. The summed E-state index contributed by atoms with van der Waals surface area (Å²) in [5, 5.41) is 3.18. The first-order chi connectivity index (χ1) is 8.79. The van der Waals surface area contributed by atoms with Gasteiger partial charge in [-0.3, -0.25) is 0 Å². The van der Waals surface area contributed by atoms with Crippen LogP contribution in [-0.2, 0) is 12.3 Å².